The monoisotopic (exact) mass is 274 g/mol. The number of rotatable bonds is 3. The van der Waals surface area contributed by atoms with E-state index in [9.17, 15) is 19.5 Å². The van der Waals surface area contributed by atoms with Crippen LogP contribution in [0.1, 0.15) is 24.2 Å². The second kappa shape index (κ2) is 5.16. The molecule has 0 atom stereocenters. The number of carbonyl (C=O) groups is 3. The van der Waals surface area contributed by atoms with Gasteiger partial charge in [0.2, 0.25) is 5.91 Å². The minimum absolute atomic E-state index is 0.0927. The highest BCUT2D eigenvalue weighted by atomic mass is 16.3. The number of Topliss-reactive ketones (excluding diaryl/α,β-unsaturated/α-hetero) is 1. The molecule has 0 aliphatic carbocycles. The van der Waals surface area contributed by atoms with E-state index in [2.05, 4.69) is 5.32 Å². The van der Waals surface area contributed by atoms with Gasteiger partial charge >= 0.3 is 0 Å². The van der Waals surface area contributed by atoms with Gasteiger partial charge in [-0.3, -0.25) is 19.3 Å². The number of nitrogens with zero attached hydrogens (tertiary/aromatic N) is 1. The molecule has 6 nitrogen and oxygen atoms in total. The number of amides is 2. The topological polar surface area (TPSA) is 86.7 Å². The summed E-state index contributed by atoms with van der Waals surface area (Å²) in [6, 6.07) is 4.49. The number of carbonyl (C=O) groups excluding carboxylic acids is 3. The maximum atomic E-state index is 11.5. The second-order valence-corrected chi connectivity index (χ2v) is 4.53. The van der Waals surface area contributed by atoms with E-state index >= 15 is 0 Å². The van der Waals surface area contributed by atoms with Crippen LogP contribution in [0.5, 0.6) is 5.75 Å². The first-order valence-electron chi connectivity index (χ1n) is 6.02. The Bertz CT molecular complexity index is 634. The van der Waals surface area contributed by atoms with Crippen molar-refractivity contribution >= 4 is 23.3 Å². The van der Waals surface area contributed by atoms with Crippen LogP contribution >= 0.6 is 0 Å². The molecular weight excluding hydrogens is 260 g/mol. The third-order valence-electron chi connectivity index (χ3n) is 2.95. The number of benzene rings is 1. The number of nitrogens with one attached hydrogen (secondary N) is 1. The van der Waals surface area contributed by atoms with Gasteiger partial charge in [-0.1, -0.05) is 0 Å². The maximum Gasteiger partial charge on any atom is 0.255 e. The van der Waals surface area contributed by atoms with Gasteiger partial charge in [-0.05, 0) is 25.1 Å². The van der Waals surface area contributed by atoms with Gasteiger partial charge in [-0.25, -0.2) is 0 Å². The van der Waals surface area contributed by atoms with Gasteiger partial charge in [-0.2, -0.15) is 0 Å². The van der Waals surface area contributed by atoms with Crippen LogP contribution in [0.3, 0.4) is 0 Å². The molecule has 6 heteroatoms. The third kappa shape index (κ3) is 2.69. The summed E-state index contributed by atoms with van der Waals surface area (Å²) in [5.41, 5.74) is 1.33. The van der Waals surface area contributed by atoms with Crippen LogP contribution in [-0.4, -0.2) is 34.1 Å². The van der Waals surface area contributed by atoms with E-state index in [0.717, 1.165) is 4.90 Å². The van der Waals surface area contributed by atoms with Crippen LogP contribution in [0.15, 0.2) is 30.0 Å². The van der Waals surface area contributed by atoms with Gasteiger partial charge in [0.1, 0.15) is 5.75 Å². The number of imide groups is 1. The number of hydrogen-bond donors (Lipinski definition) is 2. The van der Waals surface area contributed by atoms with E-state index in [1.54, 1.807) is 6.07 Å². The molecule has 0 fully saturated rings. The summed E-state index contributed by atoms with van der Waals surface area (Å²) in [6.45, 7) is 2.85. The Balaban J connectivity index is 2.18. The lowest BCUT2D eigenvalue weighted by atomic mass is 10.1. The van der Waals surface area contributed by atoms with Gasteiger partial charge in [0.15, 0.2) is 5.78 Å². The first-order valence-corrected chi connectivity index (χ1v) is 6.02. The van der Waals surface area contributed by atoms with E-state index in [4.69, 9.17) is 0 Å². The third-order valence-corrected chi connectivity index (χ3v) is 2.95. The Labute approximate surface area is 115 Å². The van der Waals surface area contributed by atoms with Gasteiger partial charge in [0.25, 0.3) is 5.91 Å². The first-order chi connectivity index (χ1) is 9.38. The fourth-order valence-electron chi connectivity index (χ4n) is 1.94. The summed E-state index contributed by atoms with van der Waals surface area (Å²) >= 11 is 0. The molecule has 1 aliphatic rings. The SMILES string of the molecule is CC(=O)c1cc(NC2=CC(=O)N(C(C)=O)C2)ccc1O. The lowest BCUT2D eigenvalue weighted by Gasteiger charge is -2.13. The van der Waals surface area contributed by atoms with Crippen molar-refractivity contribution in [2.45, 2.75) is 13.8 Å². The molecule has 0 spiro atoms. The van der Waals surface area contributed by atoms with Crippen molar-refractivity contribution in [2.75, 3.05) is 11.9 Å². The smallest absolute Gasteiger partial charge is 0.255 e. The highest BCUT2D eigenvalue weighted by Gasteiger charge is 2.24. The second-order valence-electron chi connectivity index (χ2n) is 4.53. The van der Waals surface area contributed by atoms with Crippen molar-refractivity contribution in [3.8, 4) is 5.75 Å². The molecule has 0 radical (unpaired) electrons. The molecule has 2 N–H and O–H groups in total. The normalized spacial score (nSPS) is 14.2. The zero-order valence-electron chi connectivity index (χ0n) is 11.1. The Morgan fingerprint density at radius 2 is 2.00 bits per heavy atom. The molecule has 0 saturated heterocycles. The van der Waals surface area contributed by atoms with Crippen LogP contribution in [-0.2, 0) is 9.59 Å². The van der Waals surface area contributed by atoms with Gasteiger partial charge in [0, 0.05) is 24.4 Å². The Kier molecular flexibility index (Phi) is 3.56. The van der Waals surface area contributed by atoms with E-state index in [1.165, 1.54) is 32.1 Å². The highest BCUT2D eigenvalue weighted by molar-refractivity contribution is 6.03. The first kappa shape index (κ1) is 13.8. The molecule has 20 heavy (non-hydrogen) atoms. The average Bonchev–Trinajstić information content (AvgIpc) is 2.72. The molecule has 0 bridgehead atoms. The molecular formula is C14H14N2O4. The van der Waals surface area contributed by atoms with Crippen molar-refractivity contribution in [1.82, 2.24) is 4.90 Å². The number of ketones is 1. The minimum Gasteiger partial charge on any atom is -0.507 e. The molecule has 0 unspecified atom stereocenters. The van der Waals surface area contributed by atoms with Gasteiger partial charge in [-0.15, -0.1) is 0 Å². The van der Waals surface area contributed by atoms with Crippen molar-refractivity contribution in [2.24, 2.45) is 0 Å². The molecule has 0 aromatic heterocycles. The Morgan fingerprint density at radius 3 is 2.55 bits per heavy atom. The number of phenolic OH excluding ortho intramolecular Hbond substituents is 1. The summed E-state index contributed by atoms with van der Waals surface area (Å²) in [7, 11) is 0. The summed E-state index contributed by atoms with van der Waals surface area (Å²) < 4.78 is 0. The molecule has 0 saturated carbocycles. The molecule has 2 rings (SSSR count). The summed E-state index contributed by atoms with van der Waals surface area (Å²) in [4.78, 5) is 35.2. The van der Waals surface area contributed by atoms with Crippen molar-refractivity contribution in [1.29, 1.82) is 0 Å². The molecule has 104 valence electrons. The number of phenols is 1. The van der Waals surface area contributed by atoms with Gasteiger partial charge in [0.05, 0.1) is 12.1 Å². The molecule has 1 aromatic carbocycles. The minimum atomic E-state index is -0.370. The molecule has 1 heterocycles. The van der Waals surface area contributed by atoms with Gasteiger partial charge < -0.3 is 10.4 Å². The largest absolute Gasteiger partial charge is 0.507 e. The zero-order valence-corrected chi connectivity index (χ0v) is 11.1. The predicted molar refractivity (Wildman–Crippen MR) is 72.2 cm³/mol. The van der Waals surface area contributed by atoms with Crippen LogP contribution in [0.25, 0.3) is 0 Å². The molecule has 2 amide bonds. The Morgan fingerprint density at radius 1 is 1.30 bits per heavy atom. The van der Waals surface area contributed by atoms with Crippen LogP contribution in [0.2, 0.25) is 0 Å². The number of hydrogen-bond acceptors (Lipinski definition) is 5. The summed E-state index contributed by atoms with van der Waals surface area (Å²) in [5.74, 6) is -1.04. The number of aromatic hydroxyl groups is 1. The molecule has 1 aliphatic heterocycles. The van der Waals surface area contributed by atoms with Crippen molar-refractivity contribution in [3.63, 3.8) is 0 Å². The van der Waals surface area contributed by atoms with E-state index in [-0.39, 0.29) is 35.5 Å². The lowest BCUT2D eigenvalue weighted by molar-refractivity contribution is -0.138. The van der Waals surface area contributed by atoms with E-state index < -0.39 is 0 Å². The summed E-state index contributed by atoms with van der Waals surface area (Å²) in [6.07, 6.45) is 1.34. The van der Waals surface area contributed by atoms with Crippen LogP contribution < -0.4 is 5.32 Å². The van der Waals surface area contributed by atoms with Crippen LogP contribution in [0.4, 0.5) is 5.69 Å². The maximum absolute atomic E-state index is 11.5. The van der Waals surface area contributed by atoms with Crippen LogP contribution in [0, 0.1) is 0 Å². The number of anilines is 1. The standard InChI is InChI=1S/C14H14N2O4/c1-8(17)12-5-10(3-4-13(12)19)15-11-6-14(20)16(7-11)9(2)18/h3-6,15,19H,7H2,1-2H3. The molecule has 1 aromatic rings. The van der Waals surface area contributed by atoms with E-state index in [0.29, 0.717) is 11.4 Å². The fourth-order valence-corrected chi connectivity index (χ4v) is 1.94. The summed E-state index contributed by atoms with van der Waals surface area (Å²) in [5, 5.41) is 12.5. The van der Waals surface area contributed by atoms with Crippen molar-refractivity contribution < 1.29 is 19.5 Å². The quantitative estimate of drug-likeness (QED) is 0.640. The highest BCUT2D eigenvalue weighted by Crippen LogP contribution is 2.23. The van der Waals surface area contributed by atoms with Crippen molar-refractivity contribution in [3.05, 3.63) is 35.5 Å². The zero-order chi connectivity index (χ0) is 14.9. The predicted octanol–water partition coefficient (Wildman–Crippen LogP) is 1.28. The average molecular weight is 274 g/mol. The van der Waals surface area contributed by atoms with E-state index in [1.807, 2.05) is 0 Å². The fraction of sp³-hybridized carbons (Fsp3) is 0.214. The Hall–Kier alpha value is -2.63. The lowest BCUT2D eigenvalue weighted by Crippen LogP contribution is -2.31.